The average molecular weight is 364 g/mol. The van der Waals surface area contributed by atoms with E-state index in [0.717, 1.165) is 17.0 Å². The fraction of sp³-hybridized carbons (Fsp3) is 0.333. The molecule has 0 bridgehead atoms. The number of aryl methyl sites for hydroxylation is 2. The standard InChI is InChI=1S/C15H16N4O3S2/c1-4-19-8-11(12(20)10-7-6-9(3)16-13(10)19)14-17-18-15(23-14)24(21,22)5-2/h6-8H,4-5H2,1-3H3. The summed E-state index contributed by atoms with van der Waals surface area (Å²) in [6.07, 6.45) is 1.67. The molecule has 0 aromatic carbocycles. The Hall–Kier alpha value is -2.13. The molecule has 24 heavy (non-hydrogen) atoms. The van der Waals surface area contributed by atoms with Crippen LogP contribution < -0.4 is 5.43 Å². The minimum absolute atomic E-state index is 0.0538. The van der Waals surface area contributed by atoms with Gasteiger partial charge in [0.1, 0.15) is 5.65 Å². The highest BCUT2D eigenvalue weighted by molar-refractivity contribution is 7.93. The molecule has 0 saturated carbocycles. The summed E-state index contributed by atoms with van der Waals surface area (Å²) in [7, 11) is -3.44. The summed E-state index contributed by atoms with van der Waals surface area (Å²) in [6.45, 7) is 5.99. The molecular formula is C15H16N4O3S2. The maximum Gasteiger partial charge on any atom is 0.232 e. The second kappa shape index (κ2) is 6.06. The molecule has 0 radical (unpaired) electrons. The summed E-state index contributed by atoms with van der Waals surface area (Å²) >= 11 is 0.919. The topological polar surface area (TPSA) is 94.8 Å². The number of sulfone groups is 1. The Bertz CT molecular complexity index is 1080. The molecule has 0 N–H and O–H groups in total. The van der Waals surface area contributed by atoms with E-state index in [1.165, 1.54) is 0 Å². The first-order chi connectivity index (χ1) is 11.4. The van der Waals surface area contributed by atoms with Gasteiger partial charge in [-0.2, -0.15) is 0 Å². The Morgan fingerprint density at radius 3 is 2.62 bits per heavy atom. The Labute approximate surface area is 142 Å². The fourth-order valence-electron chi connectivity index (χ4n) is 2.32. The molecule has 3 aromatic rings. The molecule has 0 amide bonds. The molecule has 0 atom stereocenters. The monoisotopic (exact) mass is 364 g/mol. The van der Waals surface area contributed by atoms with Crippen LogP contribution in [0.5, 0.6) is 0 Å². The molecule has 0 aliphatic rings. The third-order valence-electron chi connectivity index (χ3n) is 3.68. The van der Waals surface area contributed by atoms with Crippen LogP contribution in [-0.2, 0) is 16.4 Å². The van der Waals surface area contributed by atoms with Gasteiger partial charge in [-0.3, -0.25) is 4.79 Å². The van der Waals surface area contributed by atoms with Crippen molar-refractivity contribution in [2.24, 2.45) is 0 Å². The molecule has 126 valence electrons. The second-order valence-electron chi connectivity index (χ2n) is 5.26. The van der Waals surface area contributed by atoms with Crippen molar-refractivity contribution in [1.82, 2.24) is 19.7 Å². The lowest BCUT2D eigenvalue weighted by Crippen LogP contribution is -2.13. The van der Waals surface area contributed by atoms with Gasteiger partial charge in [-0.15, -0.1) is 10.2 Å². The van der Waals surface area contributed by atoms with Crippen molar-refractivity contribution in [3.8, 4) is 10.6 Å². The quantitative estimate of drug-likeness (QED) is 0.703. The van der Waals surface area contributed by atoms with E-state index >= 15 is 0 Å². The van der Waals surface area contributed by atoms with E-state index in [1.54, 1.807) is 25.3 Å². The number of fused-ring (bicyclic) bond motifs is 1. The van der Waals surface area contributed by atoms with Crippen LogP contribution in [0.15, 0.2) is 27.5 Å². The highest BCUT2D eigenvalue weighted by Crippen LogP contribution is 2.26. The second-order valence-corrected chi connectivity index (χ2v) is 8.69. The Morgan fingerprint density at radius 2 is 1.96 bits per heavy atom. The van der Waals surface area contributed by atoms with E-state index in [4.69, 9.17) is 0 Å². The molecule has 3 aromatic heterocycles. The van der Waals surface area contributed by atoms with Crippen molar-refractivity contribution in [1.29, 1.82) is 0 Å². The molecule has 0 aliphatic heterocycles. The smallest absolute Gasteiger partial charge is 0.232 e. The Morgan fingerprint density at radius 1 is 1.21 bits per heavy atom. The number of nitrogens with zero attached hydrogens (tertiary/aromatic N) is 4. The van der Waals surface area contributed by atoms with Gasteiger partial charge in [-0.25, -0.2) is 13.4 Å². The van der Waals surface area contributed by atoms with E-state index in [0.29, 0.717) is 28.1 Å². The highest BCUT2D eigenvalue weighted by atomic mass is 32.2. The molecule has 3 rings (SSSR count). The van der Waals surface area contributed by atoms with Gasteiger partial charge in [0.05, 0.1) is 16.7 Å². The molecular weight excluding hydrogens is 348 g/mol. The highest BCUT2D eigenvalue weighted by Gasteiger charge is 2.21. The Kier molecular flexibility index (Phi) is 4.22. The van der Waals surface area contributed by atoms with Crippen molar-refractivity contribution in [3.63, 3.8) is 0 Å². The molecule has 0 aliphatic carbocycles. The maximum atomic E-state index is 12.8. The number of pyridine rings is 2. The lowest BCUT2D eigenvalue weighted by atomic mass is 10.2. The van der Waals surface area contributed by atoms with Gasteiger partial charge in [0.15, 0.2) is 5.01 Å². The van der Waals surface area contributed by atoms with Gasteiger partial charge in [-0.1, -0.05) is 18.3 Å². The summed E-state index contributed by atoms with van der Waals surface area (Å²) in [5.74, 6) is -0.0538. The zero-order chi connectivity index (χ0) is 17.5. The van der Waals surface area contributed by atoms with Gasteiger partial charge < -0.3 is 4.57 Å². The summed E-state index contributed by atoms with van der Waals surface area (Å²) in [4.78, 5) is 17.2. The zero-order valence-corrected chi connectivity index (χ0v) is 15.1. The molecule has 0 fully saturated rings. The number of rotatable bonds is 4. The number of hydrogen-bond donors (Lipinski definition) is 0. The third kappa shape index (κ3) is 2.73. The van der Waals surface area contributed by atoms with Crippen LogP contribution >= 0.6 is 11.3 Å². The summed E-state index contributed by atoms with van der Waals surface area (Å²) in [5, 5.41) is 8.44. The van der Waals surface area contributed by atoms with Crippen LogP contribution in [0.25, 0.3) is 21.6 Å². The fourth-order valence-corrected chi connectivity index (χ4v) is 4.42. The van der Waals surface area contributed by atoms with Crippen LogP contribution in [-0.4, -0.2) is 33.9 Å². The van der Waals surface area contributed by atoms with Crippen molar-refractivity contribution in [2.75, 3.05) is 5.75 Å². The van der Waals surface area contributed by atoms with Crippen molar-refractivity contribution < 1.29 is 8.42 Å². The van der Waals surface area contributed by atoms with Crippen LogP contribution in [0.2, 0.25) is 0 Å². The first-order valence-corrected chi connectivity index (χ1v) is 9.91. The van der Waals surface area contributed by atoms with Crippen molar-refractivity contribution >= 4 is 32.2 Å². The molecule has 3 heterocycles. The first-order valence-electron chi connectivity index (χ1n) is 7.44. The SMILES string of the molecule is CCn1cc(-c2nnc(S(=O)(=O)CC)s2)c(=O)c2ccc(C)nc21. The predicted octanol–water partition coefficient (Wildman–Crippen LogP) is 2.04. The van der Waals surface area contributed by atoms with Crippen LogP contribution in [0.3, 0.4) is 0 Å². The average Bonchev–Trinajstić information content (AvgIpc) is 3.06. The van der Waals surface area contributed by atoms with Crippen molar-refractivity contribution in [2.45, 2.75) is 31.7 Å². The molecule has 0 spiro atoms. The van der Waals surface area contributed by atoms with Crippen LogP contribution in [0.4, 0.5) is 0 Å². The first kappa shape index (κ1) is 16.7. The third-order valence-corrected chi connectivity index (χ3v) is 6.82. The summed E-state index contributed by atoms with van der Waals surface area (Å²) < 4.78 is 25.6. The zero-order valence-electron chi connectivity index (χ0n) is 13.5. The molecule has 9 heteroatoms. The van der Waals surface area contributed by atoms with Gasteiger partial charge >= 0.3 is 0 Å². The van der Waals surface area contributed by atoms with E-state index in [2.05, 4.69) is 15.2 Å². The molecule has 7 nitrogen and oxygen atoms in total. The van der Waals surface area contributed by atoms with E-state index in [9.17, 15) is 13.2 Å². The molecule has 0 saturated heterocycles. The lowest BCUT2D eigenvalue weighted by molar-refractivity contribution is 0.595. The predicted molar refractivity (Wildman–Crippen MR) is 93.0 cm³/mol. The summed E-state index contributed by atoms with van der Waals surface area (Å²) in [6, 6.07) is 3.51. The summed E-state index contributed by atoms with van der Waals surface area (Å²) in [5.41, 5.74) is 1.55. The van der Waals surface area contributed by atoms with Gasteiger partial charge in [0, 0.05) is 18.4 Å². The Balaban J connectivity index is 2.26. The lowest BCUT2D eigenvalue weighted by Gasteiger charge is -2.09. The van der Waals surface area contributed by atoms with E-state index < -0.39 is 9.84 Å². The van der Waals surface area contributed by atoms with Gasteiger partial charge in [-0.05, 0) is 26.0 Å². The number of aromatic nitrogens is 4. The van der Waals surface area contributed by atoms with E-state index in [1.807, 2.05) is 18.4 Å². The van der Waals surface area contributed by atoms with Crippen LogP contribution in [0, 0.1) is 6.92 Å². The normalized spacial score (nSPS) is 12.0. The maximum absolute atomic E-state index is 12.8. The minimum atomic E-state index is -3.44. The molecule has 0 unspecified atom stereocenters. The minimum Gasteiger partial charge on any atom is -0.332 e. The number of hydrogen-bond acceptors (Lipinski definition) is 7. The van der Waals surface area contributed by atoms with Gasteiger partial charge in [0.2, 0.25) is 19.6 Å². The van der Waals surface area contributed by atoms with Crippen molar-refractivity contribution in [3.05, 3.63) is 34.2 Å². The van der Waals surface area contributed by atoms with Crippen LogP contribution in [0.1, 0.15) is 19.5 Å². The van der Waals surface area contributed by atoms with E-state index in [-0.39, 0.29) is 15.5 Å². The van der Waals surface area contributed by atoms with Gasteiger partial charge in [0.25, 0.3) is 0 Å². The largest absolute Gasteiger partial charge is 0.332 e.